The van der Waals surface area contributed by atoms with Crippen LogP contribution in [0.15, 0.2) is 30.9 Å². The molecule has 1 aromatic rings. The van der Waals surface area contributed by atoms with E-state index in [2.05, 4.69) is 48.8 Å². The van der Waals surface area contributed by atoms with Gasteiger partial charge in [0.05, 0.1) is 5.69 Å². The minimum atomic E-state index is 0.489. The van der Waals surface area contributed by atoms with Crippen LogP contribution < -0.4 is 10.2 Å². The molecule has 1 aromatic heterocycles. The quantitative estimate of drug-likeness (QED) is 0.749. The summed E-state index contributed by atoms with van der Waals surface area (Å²) in [6.07, 6.45) is 4.52. The molecule has 0 saturated heterocycles. The second-order valence-corrected chi connectivity index (χ2v) is 5.19. The van der Waals surface area contributed by atoms with E-state index in [0.717, 1.165) is 24.6 Å². The first-order valence-corrected chi connectivity index (χ1v) is 6.77. The van der Waals surface area contributed by atoms with Crippen LogP contribution in [0.1, 0.15) is 32.4 Å². The van der Waals surface area contributed by atoms with E-state index in [4.69, 9.17) is 4.98 Å². The van der Waals surface area contributed by atoms with Crippen molar-refractivity contribution in [3.05, 3.63) is 36.5 Å². The minimum Gasteiger partial charge on any atom is -0.350 e. The molecule has 1 N–H and O–H groups in total. The molecule has 0 atom stereocenters. The van der Waals surface area contributed by atoms with Gasteiger partial charge in [0, 0.05) is 25.2 Å². The highest BCUT2D eigenvalue weighted by molar-refractivity contribution is 5.43. The van der Waals surface area contributed by atoms with E-state index in [1.54, 1.807) is 0 Å². The van der Waals surface area contributed by atoms with Crippen molar-refractivity contribution in [3.63, 3.8) is 0 Å². The number of nitrogens with one attached hydrogen (secondary N) is 1. The third kappa shape index (κ3) is 3.57. The van der Waals surface area contributed by atoms with Gasteiger partial charge in [-0.3, -0.25) is 0 Å². The Kier molecular flexibility index (Phi) is 4.37. The van der Waals surface area contributed by atoms with Crippen molar-refractivity contribution in [1.82, 2.24) is 10.3 Å². The van der Waals surface area contributed by atoms with Gasteiger partial charge in [0.1, 0.15) is 5.82 Å². The highest BCUT2D eigenvalue weighted by Crippen LogP contribution is 2.30. The molecule has 1 aliphatic rings. The van der Waals surface area contributed by atoms with Crippen molar-refractivity contribution in [1.29, 1.82) is 0 Å². The second-order valence-electron chi connectivity index (χ2n) is 5.19. The molecule has 3 heteroatoms. The van der Waals surface area contributed by atoms with E-state index in [0.29, 0.717) is 12.1 Å². The average Bonchev–Trinajstić information content (AvgIpc) is 3.18. The van der Waals surface area contributed by atoms with Gasteiger partial charge in [-0.05, 0) is 25.0 Å². The van der Waals surface area contributed by atoms with Gasteiger partial charge in [-0.15, -0.1) is 6.58 Å². The van der Waals surface area contributed by atoms with E-state index in [9.17, 15) is 0 Å². The van der Waals surface area contributed by atoms with Crippen LogP contribution in [-0.2, 0) is 6.54 Å². The predicted molar refractivity (Wildman–Crippen MR) is 76.8 cm³/mol. The molecule has 1 heterocycles. The SMILES string of the molecule is C=CCN(c1cccc(CNC(C)C)n1)C1CC1. The maximum Gasteiger partial charge on any atom is 0.129 e. The number of aromatic nitrogens is 1. The Morgan fingerprint density at radius 3 is 2.89 bits per heavy atom. The fourth-order valence-electron chi connectivity index (χ4n) is 1.99. The average molecular weight is 245 g/mol. The molecular weight excluding hydrogens is 222 g/mol. The van der Waals surface area contributed by atoms with Gasteiger partial charge >= 0.3 is 0 Å². The molecule has 0 unspecified atom stereocenters. The summed E-state index contributed by atoms with van der Waals surface area (Å²) in [6, 6.07) is 7.43. The number of hydrogen-bond acceptors (Lipinski definition) is 3. The largest absolute Gasteiger partial charge is 0.350 e. The van der Waals surface area contributed by atoms with Crippen LogP contribution >= 0.6 is 0 Å². The van der Waals surface area contributed by atoms with Crippen LogP contribution in [0.25, 0.3) is 0 Å². The van der Waals surface area contributed by atoms with Crippen molar-refractivity contribution >= 4 is 5.82 Å². The monoisotopic (exact) mass is 245 g/mol. The molecule has 3 nitrogen and oxygen atoms in total. The molecule has 1 fully saturated rings. The highest BCUT2D eigenvalue weighted by atomic mass is 15.2. The summed E-state index contributed by atoms with van der Waals surface area (Å²) in [5.74, 6) is 1.08. The van der Waals surface area contributed by atoms with Gasteiger partial charge < -0.3 is 10.2 Å². The van der Waals surface area contributed by atoms with Crippen LogP contribution in [0, 0.1) is 0 Å². The molecular formula is C15H23N3. The van der Waals surface area contributed by atoms with Crippen molar-refractivity contribution in [2.24, 2.45) is 0 Å². The first kappa shape index (κ1) is 13.1. The number of nitrogens with zero attached hydrogens (tertiary/aromatic N) is 2. The van der Waals surface area contributed by atoms with Gasteiger partial charge in [-0.2, -0.15) is 0 Å². The summed E-state index contributed by atoms with van der Waals surface area (Å²) in [5, 5.41) is 3.40. The lowest BCUT2D eigenvalue weighted by atomic mass is 10.3. The van der Waals surface area contributed by atoms with E-state index in [1.807, 2.05) is 6.08 Å². The van der Waals surface area contributed by atoms with Crippen molar-refractivity contribution in [2.45, 2.75) is 45.3 Å². The first-order chi connectivity index (χ1) is 8.70. The Balaban J connectivity index is 2.06. The summed E-state index contributed by atoms with van der Waals surface area (Å²) >= 11 is 0. The van der Waals surface area contributed by atoms with E-state index in [1.165, 1.54) is 12.8 Å². The number of hydrogen-bond donors (Lipinski definition) is 1. The molecule has 1 aliphatic carbocycles. The molecule has 0 amide bonds. The molecule has 2 rings (SSSR count). The van der Waals surface area contributed by atoms with E-state index < -0.39 is 0 Å². The Morgan fingerprint density at radius 1 is 1.50 bits per heavy atom. The fourth-order valence-corrected chi connectivity index (χ4v) is 1.99. The van der Waals surface area contributed by atoms with Crippen molar-refractivity contribution < 1.29 is 0 Å². The lowest BCUT2D eigenvalue weighted by molar-refractivity contribution is 0.581. The number of anilines is 1. The molecule has 0 bridgehead atoms. The van der Waals surface area contributed by atoms with Crippen LogP contribution in [-0.4, -0.2) is 23.6 Å². The van der Waals surface area contributed by atoms with Gasteiger partial charge in [-0.1, -0.05) is 26.0 Å². The zero-order valence-electron chi connectivity index (χ0n) is 11.4. The summed E-state index contributed by atoms with van der Waals surface area (Å²) in [6.45, 7) is 9.86. The minimum absolute atomic E-state index is 0.489. The van der Waals surface area contributed by atoms with Gasteiger partial charge in [0.2, 0.25) is 0 Å². The van der Waals surface area contributed by atoms with Crippen LogP contribution in [0.4, 0.5) is 5.82 Å². The summed E-state index contributed by atoms with van der Waals surface area (Å²) in [4.78, 5) is 7.09. The maximum absolute atomic E-state index is 4.74. The molecule has 1 saturated carbocycles. The standard InChI is InChI=1S/C15H23N3/c1-4-10-18(14-8-9-14)15-7-5-6-13(17-15)11-16-12(2)3/h4-7,12,14,16H,1,8-11H2,2-3H3. The molecule has 0 aliphatic heterocycles. The number of rotatable bonds is 7. The van der Waals surface area contributed by atoms with Gasteiger partial charge in [0.15, 0.2) is 0 Å². The fraction of sp³-hybridized carbons (Fsp3) is 0.533. The summed E-state index contributed by atoms with van der Waals surface area (Å²) in [7, 11) is 0. The molecule has 0 aromatic carbocycles. The van der Waals surface area contributed by atoms with Gasteiger partial charge in [0.25, 0.3) is 0 Å². The summed E-state index contributed by atoms with van der Waals surface area (Å²) in [5.41, 5.74) is 1.11. The third-order valence-electron chi connectivity index (χ3n) is 3.09. The Labute approximate surface area is 110 Å². The Bertz CT molecular complexity index is 396. The normalized spacial score (nSPS) is 14.8. The lowest BCUT2D eigenvalue weighted by Gasteiger charge is -2.22. The smallest absolute Gasteiger partial charge is 0.129 e. The molecule has 18 heavy (non-hydrogen) atoms. The maximum atomic E-state index is 4.74. The van der Waals surface area contributed by atoms with Crippen LogP contribution in [0.5, 0.6) is 0 Å². The Hall–Kier alpha value is -1.35. The zero-order valence-corrected chi connectivity index (χ0v) is 11.4. The zero-order chi connectivity index (χ0) is 13.0. The van der Waals surface area contributed by atoms with Crippen molar-refractivity contribution in [3.8, 4) is 0 Å². The van der Waals surface area contributed by atoms with Crippen LogP contribution in [0.2, 0.25) is 0 Å². The summed E-state index contributed by atoms with van der Waals surface area (Å²) < 4.78 is 0. The van der Waals surface area contributed by atoms with Crippen LogP contribution in [0.3, 0.4) is 0 Å². The molecule has 0 spiro atoms. The third-order valence-corrected chi connectivity index (χ3v) is 3.09. The van der Waals surface area contributed by atoms with E-state index in [-0.39, 0.29) is 0 Å². The lowest BCUT2D eigenvalue weighted by Crippen LogP contribution is -2.27. The van der Waals surface area contributed by atoms with Gasteiger partial charge in [-0.25, -0.2) is 4.98 Å². The predicted octanol–water partition coefficient (Wildman–Crippen LogP) is 2.73. The first-order valence-electron chi connectivity index (χ1n) is 6.77. The highest BCUT2D eigenvalue weighted by Gasteiger charge is 2.29. The van der Waals surface area contributed by atoms with E-state index >= 15 is 0 Å². The second kappa shape index (κ2) is 6.01. The topological polar surface area (TPSA) is 28.2 Å². The molecule has 98 valence electrons. The van der Waals surface area contributed by atoms with Crippen molar-refractivity contribution in [2.75, 3.05) is 11.4 Å². The number of pyridine rings is 1. The molecule has 0 radical (unpaired) electrons. The Morgan fingerprint density at radius 2 is 2.28 bits per heavy atom.